The first kappa shape index (κ1) is 18.3. The van der Waals surface area contributed by atoms with Gasteiger partial charge in [0, 0.05) is 11.6 Å². The van der Waals surface area contributed by atoms with Gasteiger partial charge in [-0.05, 0) is 30.3 Å². The van der Waals surface area contributed by atoms with Crippen molar-refractivity contribution in [3.8, 4) is 5.75 Å². The number of hydrogen-bond donors (Lipinski definition) is 2. The average molecular weight is 424 g/mol. The van der Waals surface area contributed by atoms with Crippen LogP contribution < -0.4 is 15.6 Å². The highest BCUT2D eigenvalue weighted by Gasteiger charge is 2.20. The number of nitrogens with zero attached hydrogens (tertiary/aromatic N) is 4. The molecule has 2 N–H and O–H groups in total. The molecule has 0 saturated carbocycles. The van der Waals surface area contributed by atoms with Crippen molar-refractivity contribution in [1.29, 1.82) is 0 Å². The third-order valence-corrected chi connectivity index (χ3v) is 6.52. The normalized spacial score (nSPS) is 13.5. The van der Waals surface area contributed by atoms with Crippen molar-refractivity contribution in [2.24, 2.45) is 0 Å². The van der Waals surface area contributed by atoms with Crippen molar-refractivity contribution >= 4 is 26.4 Å². The fraction of sp³-hybridized carbons (Fsp3) is 0.158. The van der Waals surface area contributed by atoms with Gasteiger partial charge in [0.1, 0.15) is 11.5 Å². The zero-order valence-electron chi connectivity index (χ0n) is 15.6. The number of aromatic nitrogens is 5. The van der Waals surface area contributed by atoms with Crippen molar-refractivity contribution in [1.82, 2.24) is 25.0 Å². The molecule has 152 valence electrons. The van der Waals surface area contributed by atoms with Gasteiger partial charge in [-0.1, -0.05) is 0 Å². The molecule has 10 nitrogen and oxygen atoms in total. The van der Waals surface area contributed by atoms with Crippen LogP contribution in [0, 0.1) is 0 Å². The van der Waals surface area contributed by atoms with Crippen LogP contribution in [0.25, 0.3) is 10.8 Å². The number of hydrogen-bond acceptors (Lipinski definition) is 8. The second kappa shape index (κ2) is 6.95. The van der Waals surface area contributed by atoms with Gasteiger partial charge < -0.3 is 10.1 Å². The number of ether oxygens (including phenoxy) is 1. The Bertz CT molecular complexity index is 1410. The maximum atomic E-state index is 12.9. The van der Waals surface area contributed by atoms with Gasteiger partial charge in [-0.25, -0.2) is 18.1 Å². The number of benzene rings is 1. The van der Waals surface area contributed by atoms with Crippen LogP contribution in [-0.2, 0) is 16.4 Å². The van der Waals surface area contributed by atoms with E-state index in [1.54, 1.807) is 6.07 Å². The summed E-state index contributed by atoms with van der Waals surface area (Å²) in [5, 5.41) is 14.3. The van der Waals surface area contributed by atoms with Gasteiger partial charge in [0.25, 0.3) is 5.56 Å². The molecule has 0 aliphatic carbocycles. The van der Waals surface area contributed by atoms with Crippen LogP contribution in [0.4, 0.5) is 5.82 Å². The third-order valence-electron chi connectivity index (χ3n) is 4.80. The summed E-state index contributed by atoms with van der Waals surface area (Å²) in [5.74, 6) is 1.32. The SMILES string of the molecule is O=c1c2ccc(S(=O)(=O)c3cn[nH]c3)cc2cnn1Cc1ccc2c(n1)NCCO2. The highest BCUT2D eigenvalue weighted by Crippen LogP contribution is 2.25. The minimum atomic E-state index is -3.73. The van der Waals surface area contributed by atoms with E-state index in [4.69, 9.17) is 4.74 Å². The number of aromatic amines is 1. The van der Waals surface area contributed by atoms with Gasteiger partial charge in [0.2, 0.25) is 9.84 Å². The summed E-state index contributed by atoms with van der Waals surface area (Å²) in [6.45, 7) is 1.43. The molecule has 4 aromatic rings. The molecular formula is C19H16N6O4S. The summed E-state index contributed by atoms with van der Waals surface area (Å²) in [6, 6.07) is 7.94. The van der Waals surface area contributed by atoms with E-state index < -0.39 is 9.84 Å². The molecule has 0 bridgehead atoms. The summed E-state index contributed by atoms with van der Waals surface area (Å²) < 4.78 is 32.1. The maximum absolute atomic E-state index is 12.9. The van der Waals surface area contributed by atoms with Crippen LogP contribution in [0.15, 0.2) is 63.5 Å². The Morgan fingerprint density at radius 3 is 2.87 bits per heavy atom. The van der Waals surface area contributed by atoms with Gasteiger partial charge in [-0.15, -0.1) is 0 Å². The Morgan fingerprint density at radius 1 is 1.13 bits per heavy atom. The van der Waals surface area contributed by atoms with Crippen molar-refractivity contribution < 1.29 is 13.2 Å². The molecule has 0 unspecified atom stereocenters. The lowest BCUT2D eigenvalue weighted by molar-refractivity contribution is 0.321. The highest BCUT2D eigenvalue weighted by molar-refractivity contribution is 7.91. The number of nitrogens with one attached hydrogen (secondary N) is 2. The maximum Gasteiger partial charge on any atom is 0.274 e. The molecule has 0 radical (unpaired) electrons. The molecule has 3 aromatic heterocycles. The Balaban J connectivity index is 1.50. The van der Waals surface area contributed by atoms with Crippen molar-refractivity contribution in [2.45, 2.75) is 16.3 Å². The molecule has 1 aliphatic heterocycles. The van der Waals surface area contributed by atoms with Crippen LogP contribution in [0.3, 0.4) is 0 Å². The number of sulfone groups is 1. The average Bonchev–Trinajstić information content (AvgIpc) is 3.31. The minimum Gasteiger partial charge on any atom is -0.488 e. The van der Waals surface area contributed by atoms with Gasteiger partial charge in [-0.3, -0.25) is 9.89 Å². The van der Waals surface area contributed by atoms with E-state index >= 15 is 0 Å². The molecule has 5 rings (SSSR count). The zero-order chi connectivity index (χ0) is 20.7. The van der Waals surface area contributed by atoms with Gasteiger partial charge in [0.15, 0.2) is 11.6 Å². The van der Waals surface area contributed by atoms with E-state index in [2.05, 4.69) is 25.6 Å². The van der Waals surface area contributed by atoms with Crippen LogP contribution in [0.1, 0.15) is 5.69 Å². The molecule has 0 atom stereocenters. The van der Waals surface area contributed by atoms with Crippen LogP contribution in [-0.4, -0.2) is 46.5 Å². The summed E-state index contributed by atoms with van der Waals surface area (Å²) >= 11 is 0. The standard InChI is InChI=1S/C19H16N6O4S/c26-19-16-3-2-14(30(27,28)15-9-21-22-10-15)7-12(16)8-23-25(19)11-13-1-4-17-18(24-13)20-5-6-29-17/h1-4,7-10H,5-6,11H2,(H,20,24)(H,21,22). The third kappa shape index (κ3) is 3.08. The number of H-pyrrole nitrogens is 1. The minimum absolute atomic E-state index is 0.0548. The van der Waals surface area contributed by atoms with Gasteiger partial charge >= 0.3 is 0 Å². The van der Waals surface area contributed by atoms with E-state index in [-0.39, 0.29) is 21.9 Å². The molecule has 30 heavy (non-hydrogen) atoms. The number of rotatable bonds is 4. The summed E-state index contributed by atoms with van der Waals surface area (Å²) in [7, 11) is -3.73. The monoisotopic (exact) mass is 424 g/mol. The Hall–Kier alpha value is -3.73. The summed E-state index contributed by atoms with van der Waals surface area (Å²) in [5.41, 5.74) is 0.323. The largest absolute Gasteiger partial charge is 0.488 e. The van der Waals surface area contributed by atoms with Crippen LogP contribution in [0.2, 0.25) is 0 Å². The lowest BCUT2D eigenvalue weighted by Gasteiger charge is -2.18. The summed E-state index contributed by atoms with van der Waals surface area (Å²) in [6.07, 6.45) is 4.02. The van der Waals surface area contributed by atoms with E-state index in [1.807, 2.05) is 6.07 Å². The van der Waals surface area contributed by atoms with E-state index in [1.165, 1.54) is 41.5 Å². The number of pyridine rings is 1. The van der Waals surface area contributed by atoms with Crippen molar-refractivity contribution in [2.75, 3.05) is 18.5 Å². The predicted octanol–water partition coefficient (Wildman–Crippen LogP) is 1.20. The second-order valence-corrected chi connectivity index (χ2v) is 8.67. The zero-order valence-corrected chi connectivity index (χ0v) is 16.4. The van der Waals surface area contributed by atoms with Gasteiger partial charge in [0.05, 0.1) is 41.5 Å². The smallest absolute Gasteiger partial charge is 0.274 e. The molecule has 0 spiro atoms. The number of fused-ring (bicyclic) bond motifs is 2. The lowest BCUT2D eigenvalue weighted by atomic mass is 10.2. The molecule has 4 heterocycles. The molecular weight excluding hydrogens is 408 g/mol. The molecule has 0 saturated heterocycles. The highest BCUT2D eigenvalue weighted by atomic mass is 32.2. The fourth-order valence-electron chi connectivity index (χ4n) is 3.27. The van der Waals surface area contributed by atoms with Crippen LogP contribution >= 0.6 is 0 Å². The molecule has 11 heteroatoms. The second-order valence-electron chi connectivity index (χ2n) is 6.72. The van der Waals surface area contributed by atoms with Gasteiger partial charge in [-0.2, -0.15) is 10.2 Å². The first-order valence-corrected chi connectivity index (χ1v) is 10.6. The van der Waals surface area contributed by atoms with Crippen molar-refractivity contribution in [3.63, 3.8) is 0 Å². The van der Waals surface area contributed by atoms with E-state index in [0.717, 1.165) is 0 Å². The van der Waals surface area contributed by atoms with Crippen LogP contribution in [0.5, 0.6) is 5.75 Å². The Morgan fingerprint density at radius 2 is 2.03 bits per heavy atom. The molecule has 0 amide bonds. The topological polar surface area (TPSA) is 132 Å². The Kier molecular flexibility index (Phi) is 4.24. The fourth-order valence-corrected chi connectivity index (χ4v) is 4.47. The lowest BCUT2D eigenvalue weighted by Crippen LogP contribution is -2.24. The summed E-state index contributed by atoms with van der Waals surface area (Å²) in [4.78, 5) is 17.5. The van der Waals surface area contributed by atoms with E-state index in [0.29, 0.717) is 41.2 Å². The Labute approximate surface area is 170 Å². The quantitative estimate of drug-likeness (QED) is 0.499. The first-order chi connectivity index (χ1) is 14.5. The predicted molar refractivity (Wildman–Crippen MR) is 107 cm³/mol. The number of anilines is 1. The van der Waals surface area contributed by atoms with E-state index in [9.17, 15) is 13.2 Å². The first-order valence-electron chi connectivity index (χ1n) is 9.13. The molecule has 0 fully saturated rings. The van der Waals surface area contributed by atoms with Crippen molar-refractivity contribution in [3.05, 3.63) is 65.0 Å². The molecule has 1 aromatic carbocycles. The molecule has 1 aliphatic rings.